The normalized spacial score (nSPS) is 25.9. The predicted octanol–water partition coefficient (Wildman–Crippen LogP) is 0.224. The van der Waals surface area contributed by atoms with Gasteiger partial charge in [-0.05, 0) is 25.7 Å². The average molecular weight is 268 g/mol. The number of nitrogens with zero attached hydrogens (tertiary/aromatic N) is 1. The van der Waals surface area contributed by atoms with Crippen molar-refractivity contribution < 1.29 is 19.5 Å². The van der Waals surface area contributed by atoms with Gasteiger partial charge in [0, 0.05) is 13.1 Å². The number of aliphatic carboxylic acids is 1. The first kappa shape index (κ1) is 13.8. The molecular formula is C13H20N2O4. The predicted molar refractivity (Wildman–Crippen MR) is 67.3 cm³/mol. The van der Waals surface area contributed by atoms with Gasteiger partial charge in [0.15, 0.2) is 0 Å². The van der Waals surface area contributed by atoms with E-state index in [1.165, 1.54) is 4.90 Å². The Labute approximate surface area is 112 Å². The summed E-state index contributed by atoms with van der Waals surface area (Å²) in [6.07, 6.45) is 3.92. The van der Waals surface area contributed by atoms with Crippen molar-refractivity contribution in [2.24, 2.45) is 11.8 Å². The zero-order valence-corrected chi connectivity index (χ0v) is 11.1. The number of carboxylic acid groups (broad SMARTS) is 1. The topological polar surface area (TPSA) is 86.7 Å². The third kappa shape index (κ3) is 3.45. The van der Waals surface area contributed by atoms with Gasteiger partial charge in [0.25, 0.3) is 0 Å². The first-order valence-corrected chi connectivity index (χ1v) is 6.76. The lowest BCUT2D eigenvalue weighted by atomic mass is 9.95. The van der Waals surface area contributed by atoms with Gasteiger partial charge in [-0.2, -0.15) is 0 Å². The van der Waals surface area contributed by atoms with Gasteiger partial charge < -0.3 is 15.3 Å². The van der Waals surface area contributed by atoms with Gasteiger partial charge in [-0.25, -0.2) is 0 Å². The van der Waals surface area contributed by atoms with E-state index in [0.717, 1.165) is 19.3 Å². The van der Waals surface area contributed by atoms with Crippen molar-refractivity contribution in [3.8, 4) is 0 Å². The average Bonchev–Trinajstić information content (AvgIpc) is 3.00. The van der Waals surface area contributed by atoms with Crippen LogP contribution in [-0.2, 0) is 14.4 Å². The molecule has 0 aromatic rings. The van der Waals surface area contributed by atoms with Crippen molar-refractivity contribution >= 4 is 17.8 Å². The summed E-state index contributed by atoms with van der Waals surface area (Å²) in [5.74, 6) is -2.37. The van der Waals surface area contributed by atoms with Crippen LogP contribution in [0.5, 0.6) is 0 Å². The van der Waals surface area contributed by atoms with Crippen molar-refractivity contribution in [3.05, 3.63) is 0 Å². The molecule has 6 heteroatoms. The van der Waals surface area contributed by atoms with Gasteiger partial charge in [-0.1, -0.05) is 6.42 Å². The summed E-state index contributed by atoms with van der Waals surface area (Å²) in [4.78, 5) is 36.2. The van der Waals surface area contributed by atoms with Crippen LogP contribution in [-0.4, -0.2) is 47.4 Å². The Kier molecular flexibility index (Phi) is 4.07. The van der Waals surface area contributed by atoms with E-state index in [-0.39, 0.29) is 24.4 Å². The van der Waals surface area contributed by atoms with Crippen LogP contribution in [0.15, 0.2) is 0 Å². The molecule has 0 aromatic heterocycles. The highest BCUT2D eigenvalue weighted by atomic mass is 16.4. The molecule has 0 bridgehead atoms. The quantitative estimate of drug-likeness (QED) is 0.747. The summed E-state index contributed by atoms with van der Waals surface area (Å²) < 4.78 is 0. The smallest absolute Gasteiger partial charge is 0.307 e. The number of likely N-dealkylation sites (N-methyl/N-ethyl adjacent to an activating group) is 1. The fraction of sp³-hybridized carbons (Fsp3) is 0.769. The molecule has 19 heavy (non-hydrogen) atoms. The Morgan fingerprint density at radius 2 is 1.79 bits per heavy atom. The molecule has 2 aliphatic rings. The summed E-state index contributed by atoms with van der Waals surface area (Å²) in [6, 6.07) is 0.272. The summed E-state index contributed by atoms with van der Waals surface area (Å²) in [5.41, 5.74) is 0. The highest BCUT2D eigenvalue weighted by Gasteiger charge is 2.39. The number of rotatable bonds is 5. The summed E-state index contributed by atoms with van der Waals surface area (Å²) in [6.45, 7) is 0.0121. The maximum absolute atomic E-state index is 12.2. The molecule has 2 rings (SSSR count). The van der Waals surface area contributed by atoms with Crippen LogP contribution in [0.1, 0.15) is 32.1 Å². The number of carboxylic acids is 1. The number of carbonyl (C=O) groups excluding carboxylic acids is 2. The van der Waals surface area contributed by atoms with E-state index in [1.807, 2.05) is 0 Å². The molecule has 2 saturated carbocycles. The molecular weight excluding hydrogens is 248 g/mol. The van der Waals surface area contributed by atoms with Crippen molar-refractivity contribution in [3.63, 3.8) is 0 Å². The molecule has 2 aliphatic carbocycles. The van der Waals surface area contributed by atoms with Crippen molar-refractivity contribution in [2.75, 3.05) is 13.6 Å². The largest absolute Gasteiger partial charge is 0.481 e. The van der Waals surface area contributed by atoms with Crippen LogP contribution >= 0.6 is 0 Å². The maximum atomic E-state index is 12.2. The second kappa shape index (κ2) is 5.59. The Bertz CT molecular complexity index is 392. The molecule has 0 aliphatic heterocycles. The minimum absolute atomic E-state index is 0.0121. The van der Waals surface area contributed by atoms with E-state index in [0.29, 0.717) is 12.8 Å². The monoisotopic (exact) mass is 268 g/mol. The minimum atomic E-state index is -0.910. The lowest BCUT2D eigenvalue weighted by molar-refractivity contribution is -0.149. The summed E-state index contributed by atoms with van der Waals surface area (Å²) in [5, 5.41) is 11.9. The molecule has 0 radical (unpaired) electrons. The number of hydrogen-bond donors (Lipinski definition) is 2. The number of nitrogens with one attached hydrogen (secondary N) is 1. The first-order valence-electron chi connectivity index (χ1n) is 6.76. The highest BCUT2D eigenvalue weighted by Crippen LogP contribution is 2.33. The third-order valence-corrected chi connectivity index (χ3v) is 3.85. The summed E-state index contributed by atoms with van der Waals surface area (Å²) in [7, 11) is 1.56. The van der Waals surface area contributed by atoms with E-state index in [1.54, 1.807) is 7.05 Å². The second-order valence-corrected chi connectivity index (χ2v) is 5.52. The minimum Gasteiger partial charge on any atom is -0.481 e. The molecule has 2 atom stereocenters. The molecule has 0 saturated heterocycles. The molecule has 2 amide bonds. The third-order valence-electron chi connectivity index (χ3n) is 3.85. The van der Waals surface area contributed by atoms with E-state index >= 15 is 0 Å². The molecule has 106 valence electrons. The summed E-state index contributed by atoms with van der Waals surface area (Å²) >= 11 is 0. The van der Waals surface area contributed by atoms with E-state index in [9.17, 15) is 14.4 Å². The molecule has 2 fully saturated rings. The number of hydrogen-bond acceptors (Lipinski definition) is 3. The van der Waals surface area contributed by atoms with E-state index in [4.69, 9.17) is 5.11 Å². The van der Waals surface area contributed by atoms with Crippen molar-refractivity contribution in [1.82, 2.24) is 10.2 Å². The van der Waals surface area contributed by atoms with Crippen molar-refractivity contribution in [2.45, 2.75) is 38.1 Å². The van der Waals surface area contributed by atoms with E-state index < -0.39 is 17.8 Å². The van der Waals surface area contributed by atoms with Gasteiger partial charge in [0.05, 0.1) is 18.4 Å². The lowest BCUT2D eigenvalue weighted by Gasteiger charge is -2.23. The van der Waals surface area contributed by atoms with Crippen LogP contribution < -0.4 is 5.32 Å². The number of amides is 2. The molecule has 0 heterocycles. The Morgan fingerprint density at radius 1 is 1.16 bits per heavy atom. The van der Waals surface area contributed by atoms with E-state index in [2.05, 4.69) is 5.32 Å². The fourth-order valence-corrected chi connectivity index (χ4v) is 2.63. The standard InChI is InChI=1S/C13H20N2O4/c1-15(7-11(16)14-8-5-6-8)12(17)9-3-2-4-10(9)13(18)19/h8-10H,2-7H2,1H3,(H,14,16)(H,18,19)/t9-,10+/m1/s1. The first-order chi connectivity index (χ1) is 8.99. The molecule has 0 spiro atoms. The Balaban J connectivity index is 1.86. The van der Waals surface area contributed by atoms with Gasteiger partial charge in [0.1, 0.15) is 0 Å². The van der Waals surface area contributed by atoms with Crippen LogP contribution in [0.3, 0.4) is 0 Å². The van der Waals surface area contributed by atoms with Gasteiger partial charge >= 0.3 is 5.97 Å². The second-order valence-electron chi connectivity index (χ2n) is 5.52. The molecule has 0 aromatic carbocycles. The van der Waals surface area contributed by atoms with Gasteiger partial charge in [0.2, 0.25) is 11.8 Å². The van der Waals surface area contributed by atoms with Gasteiger partial charge in [-0.3, -0.25) is 14.4 Å². The Morgan fingerprint density at radius 3 is 2.37 bits per heavy atom. The van der Waals surface area contributed by atoms with Gasteiger partial charge in [-0.15, -0.1) is 0 Å². The van der Waals surface area contributed by atoms with Crippen LogP contribution in [0.2, 0.25) is 0 Å². The number of carbonyl (C=O) groups is 3. The van der Waals surface area contributed by atoms with Crippen molar-refractivity contribution in [1.29, 1.82) is 0 Å². The zero-order valence-electron chi connectivity index (χ0n) is 11.1. The zero-order chi connectivity index (χ0) is 14.0. The van der Waals surface area contributed by atoms with Crippen LogP contribution in [0, 0.1) is 11.8 Å². The molecule has 6 nitrogen and oxygen atoms in total. The Hall–Kier alpha value is -1.59. The maximum Gasteiger partial charge on any atom is 0.307 e. The molecule has 0 unspecified atom stereocenters. The fourth-order valence-electron chi connectivity index (χ4n) is 2.63. The van der Waals surface area contributed by atoms with Crippen LogP contribution in [0.4, 0.5) is 0 Å². The lowest BCUT2D eigenvalue weighted by Crippen LogP contribution is -2.43. The highest BCUT2D eigenvalue weighted by molar-refractivity contribution is 5.88. The SMILES string of the molecule is CN(CC(=O)NC1CC1)C(=O)[C@@H]1CCC[C@@H]1C(=O)O. The molecule has 2 N–H and O–H groups in total. The van der Waals surface area contributed by atoms with Crippen LogP contribution in [0.25, 0.3) is 0 Å².